The molecule has 0 aromatic carbocycles. The van der Waals surface area contributed by atoms with Gasteiger partial charge in [-0.05, 0) is 49.7 Å². The third-order valence-electron chi connectivity index (χ3n) is 11.6. The van der Waals surface area contributed by atoms with Gasteiger partial charge in [0.15, 0.2) is 11.6 Å². The molecule has 0 unspecified atom stereocenters. The largest absolute Gasteiger partial charge is 0.381 e. The van der Waals surface area contributed by atoms with E-state index in [9.17, 15) is 5.11 Å². The molecule has 0 aromatic heterocycles. The predicted octanol–water partition coefficient (Wildman–Crippen LogP) is 2.93. The van der Waals surface area contributed by atoms with E-state index in [0.29, 0.717) is 38.3 Å². The highest BCUT2D eigenvalue weighted by Gasteiger charge is 2.88. The number of rotatable bonds is 0. The van der Waals surface area contributed by atoms with Crippen LogP contribution in [0.25, 0.3) is 0 Å². The maximum Gasteiger partial charge on any atom is 0.177 e. The van der Waals surface area contributed by atoms with Gasteiger partial charge in [0.2, 0.25) is 0 Å². The van der Waals surface area contributed by atoms with Crippen LogP contribution in [0.3, 0.4) is 0 Å². The average molecular weight is 431 g/mol. The number of epoxide rings is 1. The van der Waals surface area contributed by atoms with Crippen LogP contribution in [0.1, 0.15) is 59.3 Å². The van der Waals surface area contributed by atoms with Crippen molar-refractivity contribution in [3.05, 3.63) is 11.6 Å². The first-order valence-corrected chi connectivity index (χ1v) is 12.4. The van der Waals surface area contributed by atoms with Crippen molar-refractivity contribution < 1.29 is 28.8 Å². The van der Waals surface area contributed by atoms with Gasteiger partial charge in [0, 0.05) is 36.0 Å². The smallest absolute Gasteiger partial charge is 0.177 e. The molecule has 170 valence electrons. The Morgan fingerprint density at radius 2 is 1.65 bits per heavy atom. The van der Waals surface area contributed by atoms with E-state index in [1.807, 2.05) is 0 Å². The quantitative estimate of drug-likeness (QED) is 0.471. The normalized spacial score (nSPS) is 61.3. The van der Waals surface area contributed by atoms with Crippen molar-refractivity contribution >= 4 is 0 Å². The minimum Gasteiger partial charge on any atom is -0.381 e. The standard InChI is InChI=1S/C25H34O6/c1-19-6-7-22(27-8-9-28-22)14-24(19)20(2,31-24)12-15-16-4-5-25(29-10-11-30-25)21(16,3)17-13-23(17,26)18(15)19/h13,15-16,18,26H,4-12,14H2,1-3H3/t15-,16-,18-,19+,20-,21+,23-,24+/m0/s1. The lowest BCUT2D eigenvalue weighted by atomic mass is 9.41. The van der Waals surface area contributed by atoms with Gasteiger partial charge >= 0.3 is 0 Å². The number of aliphatic hydroxyl groups is 1. The summed E-state index contributed by atoms with van der Waals surface area (Å²) < 4.78 is 31.7. The lowest BCUT2D eigenvalue weighted by Crippen LogP contribution is -2.67. The van der Waals surface area contributed by atoms with Gasteiger partial charge in [-0.15, -0.1) is 0 Å². The van der Waals surface area contributed by atoms with Crippen LogP contribution in [0.15, 0.2) is 11.6 Å². The monoisotopic (exact) mass is 430 g/mol. The first-order valence-electron chi connectivity index (χ1n) is 12.4. The summed E-state index contributed by atoms with van der Waals surface area (Å²) in [6.07, 6.45) is 7.82. The van der Waals surface area contributed by atoms with Gasteiger partial charge in [-0.3, -0.25) is 0 Å². The highest BCUT2D eigenvalue weighted by atomic mass is 16.7. The zero-order chi connectivity index (χ0) is 21.1. The van der Waals surface area contributed by atoms with Crippen LogP contribution in [-0.2, 0) is 23.7 Å². The molecule has 8 aliphatic rings. The fourth-order valence-corrected chi connectivity index (χ4v) is 10.3. The predicted molar refractivity (Wildman–Crippen MR) is 109 cm³/mol. The molecule has 3 spiro atoms. The number of hydrogen-bond donors (Lipinski definition) is 1. The third-order valence-corrected chi connectivity index (χ3v) is 11.6. The Kier molecular flexibility index (Phi) is 3.02. The van der Waals surface area contributed by atoms with Crippen molar-refractivity contribution in [1.82, 2.24) is 0 Å². The fraction of sp³-hybridized carbons (Fsp3) is 0.920. The molecule has 3 heterocycles. The summed E-state index contributed by atoms with van der Waals surface area (Å²) in [5, 5.41) is 12.2. The lowest BCUT2D eigenvalue weighted by Gasteiger charge is -2.62. The number of hydrogen-bond acceptors (Lipinski definition) is 6. The minimum atomic E-state index is -0.834. The second-order valence-corrected chi connectivity index (χ2v) is 12.4. The molecule has 0 aromatic rings. The fourth-order valence-electron chi connectivity index (χ4n) is 10.3. The van der Waals surface area contributed by atoms with Crippen molar-refractivity contribution in [3.63, 3.8) is 0 Å². The zero-order valence-electron chi connectivity index (χ0n) is 18.9. The second kappa shape index (κ2) is 4.96. The van der Waals surface area contributed by atoms with E-state index in [1.165, 1.54) is 5.57 Å². The lowest BCUT2D eigenvalue weighted by molar-refractivity contribution is -0.253. The van der Waals surface area contributed by atoms with E-state index in [-0.39, 0.29) is 27.9 Å². The van der Waals surface area contributed by atoms with Crippen LogP contribution in [0.5, 0.6) is 0 Å². The summed E-state index contributed by atoms with van der Waals surface area (Å²) in [6, 6.07) is 0. The average Bonchev–Trinajstić information content (AvgIpc) is 3.26. The molecule has 31 heavy (non-hydrogen) atoms. The molecule has 8 atom stereocenters. The van der Waals surface area contributed by atoms with Crippen LogP contribution < -0.4 is 0 Å². The Morgan fingerprint density at radius 3 is 2.39 bits per heavy atom. The van der Waals surface area contributed by atoms with Gasteiger partial charge in [-0.25, -0.2) is 0 Å². The van der Waals surface area contributed by atoms with Gasteiger partial charge in [0.25, 0.3) is 0 Å². The Labute approximate surface area is 183 Å². The van der Waals surface area contributed by atoms with E-state index in [4.69, 9.17) is 23.7 Å². The summed E-state index contributed by atoms with van der Waals surface area (Å²) >= 11 is 0. The SMILES string of the molecule is C[C@]12C3=C[C@@]3(O)[C@H]3[C@@H](C[C@]4(C)O[C@@]45CC4(CC[C@]35C)OCCO4)[C@@H]1CCC21OCCO1. The zero-order valence-corrected chi connectivity index (χ0v) is 18.9. The van der Waals surface area contributed by atoms with E-state index in [2.05, 4.69) is 26.8 Å². The summed E-state index contributed by atoms with van der Waals surface area (Å²) in [5.74, 6) is -0.00962. The van der Waals surface area contributed by atoms with Crippen molar-refractivity contribution in [3.8, 4) is 0 Å². The molecular formula is C25H34O6. The molecule has 0 amide bonds. The van der Waals surface area contributed by atoms with Crippen molar-refractivity contribution in [1.29, 1.82) is 0 Å². The van der Waals surface area contributed by atoms with Crippen molar-refractivity contribution in [2.75, 3.05) is 26.4 Å². The first kappa shape index (κ1) is 18.9. The van der Waals surface area contributed by atoms with Gasteiger partial charge in [-0.2, -0.15) is 0 Å². The van der Waals surface area contributed by atoms with E-state index < -0.39 is 17.2 Å². The van der Waals surface area contributed by atoms with Gasteiger partial charge in [0.1, 0.15) is 11.2 Å². The topological polar surface area (TPSA) is 69.7 Å². The molecule has 0 radical (unpaired) electrons. The molecular weight excluding hydrogens is 396 g/mol. The van der Waals surface area contributed by atoms with Crippen LogP contribution in [0.2, 0.25) is 0 Å². The van der Waals surface area contributed by atoms with Crippen molar-refractivity contribution in [2.24, 2.45) is 28.6 Å². The molecule has 7 fully saturated rings. The van der Waals surface area contributed by atoms with Crippen LogP contribution in [0.4, 0.5) is 0 Å². The Hall–Kier alpha value is -0.500. The highest BCUT2D eigenvalue weighted by Crippen LogP contribution is 2.83. The second-order valence-electron chi connectivity index (χ2n) is 12.4. The minimum absolute atomic E-state index is 0.104. The Bertz CT molecular complexity index is 919. The molecule has 4 saturated carbocycles. The number of ether oxygens (including phenoxy) is 5. The van der Waals surface area contributed by atoms with E-state index >= 15 is 0 Å². The molecule has 5 aliphatic carbocycles. The first-order chi connectivity index (χ1) is 14.7. The number of fused-ring (bicyclic) bond motifs is 8. The van der Waals surface area contributed by atoms with Crippen molar-refractivity contribution in [2.45, 2.75) is 87.7 Å². The van der Waals surface area contributed by atoms with Crippen LogP contribution in [-0.4, -0.2) is 59.9 Å². The van der Waals surface area contributed by atoms with Gasteiger partial charge < -0.3 is 28.8 Å². The molecule has 1 N–H and O–H groups in total. The molecule has 8 rings (SSSR count). The van der Waals surface area contributed by atoms with Gasteiger partial charge in [0.05, 0.1) is 32.0 Å². The molecule has 3 aliphatic heterocycles. The molecule has 6 heteroatoms. The Balaban J connectivity index is 1.24. The third kappa shape index (κ3) is 1.73. The van der Waals surface area contributed by atoms with Crippen LogP contribution >= 0.6 is 0 Å². The van der Waals surface area contributed by atoms with Crippen LogP contribution in [0, 0.1) is 28.6 Å². The highest BCUT2D eigenvalue weighted by molar-refractivity contribution is 5.56. The van der Waals surface area contributed by atoms with E-state index in [1.54, 1.807) is 0 Å². The molecule has 3 saturated heterocycles. The molecule has 0 bridgehead atoms. The maximum atomic E-state index is 12.2. The summed E-state index contributed by atoms with van der Waals surface area (Å²) in [6.45, 7) is 9.68. The molecule has 6 nitrogen and oxygen atoms in total. The summed E-state index contributed by atoms with van der Waals surface area (Å²) in [7, 11) is 0. The summed E-state index contributed by atoms with van der Waals surface area (Å²) in [5.41, 5.74) is -0.450. The maximum absolute atomic E-state index is 12.2. The Morgan fingerprint density at radius 1 is 0.935 bits per heavy atom. The van der Waals surface area contributed by atoms with E-state index in [0.717, 1.165) is 38.5 Å². The van der Waals surface area contributed by atoms with Gasteiger partial charge in [-0.1, -0.05) is 13.8 Å². The summed E-state index contributed by atoms with van der Waals surface area (Å²) in [4.78, 5) is 0.